The molecule has 7 heteroatoms. The fourth-order valence-electron chi connectivity index (χ4n) is 1.62. The highest BCUT2D eigenvalue weighted by atomic mass is 35.5. The predicted octanol–water partition coefficient (Wildman–Crippen LogP) is 2.29. The Morgan fingerprint density at radius 2 is 2.26 bits per heavy atom. The molecule has 0 fully saturated rings. The average molecular weight is 298 g/mol. The maximum atomic E-state index is 6.06. The van der Waals surface area contributed by atoms with Crippen LogP contribution in [0, 0.1) is 0 Å². The van der Waals surface area contributed by atoms with E-state index in [0.29, 0.717) is 5.02 Å². The molecule has 1 heterocycles. The van der Waals surface area contributed by atoms with Crippen molar-refractivity contribution in [2.45, 2.75) is 35.9 Å². The van der Waals surface area contributed by atoms with Gasteiger partial charge in [0.1, 0.15) is 0 Å². The molecular formula is C12H16ClN5S. The Kier molecular flexibility index (Phi) is 4.79. The van der Waals surface area contributed by atoms with E-state index in [-0.39, 0.29) is 6.04 Å². The quantitative estimate of drug-likeness (QED) is 0.917. The largest absolute Gasteiger partial charge is 0.327 e. The molecule has 0 aliphatic heterocycles. The van der Waals surface area contributed by atoms with Crippen LogP contribution in [-0.2, 0) is 13.5 Å². The third kappa shape index (κ3) is 3.68. The van der Waals surface area contributed by atoms with Crippen molar-refractivity contribution in [3.05, 3.63) is 28.8 Å². The summed E-state index contributed by atoms with van der Waals surface area (Å²) < 4.78 is 1.63. The molecule has 2 rings (SSSR count). The molecular weight excluding hydrogens is 282 g/mol. The Bertz CT molecular complexity index is 557. The van der Waals surface area contributed by atoms with Gasteiger partial charge >= 0.3 is 0 Å². The molecule has 0 saturated carbocycles. The number of aryl methyl sites for hydroxylation is 1. The van der Waals surface area contributed by atoms with Gasteiger partial charge in [-0.3, -0.25) is 0 Å². The summed E-state index contributed by atoms with van der Waals surface area (Å²) in [7, 11) is 1.81. The van der Waals surface area contributed by atoms with Crippen molar-refractivity contribution in [3.63, 3.8) is 0 Å². The van der Waals surface area contributed by atoms with Crippen LogP contribution in [0.1, 0.15) is 18.9 Å². The fourth-order valence-corrected chi connectivity index (χ4v) is 2.77. The maximum absolute atomic E-state index is 6.06. The number of hydrogen-bond donors (Lipinski definition) is 1. The van der Waals surface area contributed by atoms with E-state index in [4.69, 9.17) is 17.3 Å². The summed E-state index contributed by atoms with van der Waals surface area (Å²) in [4.78, 5) is 1.05. The van der Waals surface area contributed by atoms with Gasteiger partial charge in [0.15, 0.2) is 0 Å². The molecule has 5 nitrogen and oxygen atoms in total. The number of hydrogen-bond acceptors (Lipinski definition) is 5. The molecule has 2 aromatic rings. The van der Waals surface area contributed by atoms with Crippen molar-refractivity contribution >= 4 is 23.4 Å². The number of benzene rings is 1. The molecule has 1 aromatic heterocycles. The first-order valence-electron chi connectivity index (χ1n) is 6.04. The topological polar surface area (TPSA) is 69.6 Å². The third-order valence-corrected chi connectivity index (χ3v) is 4.18. The van der Waals surface area contributed by atoms with Crippen LogP contribution < -0.4 is 5.73 Å². The zero-order valence-electron chi connectivity index (χ0n) is 10.9. The number of aromatic nitrogens is 4. The van der Waals surface area contributed by atoms with Crippen molar-refractivity contribution in [1.82, 2.24) is 20.2 Å². The summed E-state index contributed by atoms with van der Waals surface area (Å²) in [6, 6.07) is 5.99. The molecule has 102 valence electrons. The number of tetrazole rings is 1. The van der Waals surface area contributed by atoms with E-state index in [0.717, 1.165) is 22.9 Å². The second-order valence-electron chi connectivity index (χ2n) is 4.31. The van der Waals surface area contributed by atoms with Crippen molar-refractivity contribution in [2.75, 3.05) is 0 Å². The summed E-state index contributed by atoms with van der Waals surface area (Å²) >= 11 is 7.57. The van der Waals surface area contributed by atoms with E-state index in [2.05, 4.69) is 22.4 Å². The Morgan fingerprint density at radius 1 is 1.47 bits per heavy atom. The van der Waals surface area contributed by atoms with Crippen LogP contribution in [0.3, 0.4) is 0 Å². The number of halogens is 1. The summed E-state index contributed by atoms with van der Waals surface area (Å²) in [6.45, 7) is 2.08. The lowest BCUT2D eigenvalue weighted by Gasteiger charge is -2.12. The molecule has 1 atom stereocenters. The van der Waals surface area contributed by atoms with E-state index in [1.807, 2.05) is 25.2 Å². The molecule has 0 amide bonds. The second kappa shape index (κ2) is 6.36. The molecule has 0 bridgehead atoms. The molecule has 1 aromatic carbocycles. The zero-order valence-corrected chi connectivity index (χ0v) is 12.4. The molecule has 0 radical (unpaired) electrons. The summed E-state index contributed by atoms with van der Waals surface area (Å²) in [5, 5.41) is 12.9. The van der Waals surface area contributed by atoms with Gasteiger partial charge < -0.3 is 5.73 Å². The highest BCUT2D eigenvalue weighted by Crippen LogP contribution is 2.31. The van der Waals surface area contributed by atoms with E-state index in [1.165, 1.54) is 17.3 Å². The van der Waals surface area contributed by atoms with Gasteiger partial charge in [-0.05, 0) is 52.7 Å². The van der Waals surface area contributed by atoms with Crippen LogP contribution in [0.2, 0.25) is 5.02 Å². The summed E-state index contributed by atoms with van der Waals surface area (Å²) in [5.41, 5.74) is 7.20. The lowest BCUT2D eigenvalue weighted by Crippen LogP contribution is -2.21. The van der Waals surface area contributed by atoms with E-state index >= 15 is 0 Å². The number of nitrogens with two attached hydrogens (primary N) is 1. The predicted molar refractivity (Wildman–Crippen MR) is 76.3 cm³/mol. The first-order chi connectivity index (χ1) is 9.10. The monoisotopic (exact) mass is 297 g/mol. The zero-order chi connectivity index (χ0) is 13.8. The highest BCUT2D eigenvalue weighted by molar-refractivity contribution is 7.99. The van der Waals surface area contributed by atoms with Crippen LogP contribution in [-0.4, -0.2) is 26.2 Å². The van der Waals surface area contributed by atoms with Crippen LogP contribution in [0.15, 0.2) is 28.3 Å². The second-order valence-corrected chi connectivity index (χ2v) is 5.76. The number of rotatable bonds is 5. The normalized spacial score (nSPS) is 12.6. The van der Waals surface area contributed by atoms with Crippen molar-refractivity contribution in [2.24, 2.45) is 12.8 Å². The Hall–Kier alpha value is -1.11. The molecule has 0 saturated heterocycles. The van der Waals surface area contributed by atoms with Crippen LogP contribution in [0.4, 0.5) is 0 Å². The molecule has 0 aliphatic carbocycles. The fraction of sp³-hybridized carbons (Fsp3) is 0.417. The minimum absolute atomic E-state index is 0.151. The van der Waals surface area contributed by atoms with Gasteiger partial charge in [-0.15, -0.1) is 5.10 Å². The van der Waals surface area contributed by atoms with E-state index in [1.54, 1.807) is 4.68 Å². The van der Waals surface area contributed by atoms with Crippen LogP contribution in [0.25, 0.3) is 0 Å². The lowest BCUT2D eigenvalue weighted by molar-refractivity contribution is 0.640. The van der Waals surface area contributed by atoms with Crippen LogP contribution in [0.5, 0.6) is 0 Å². The van der Waals surface area contributed by atoms with Crippen molar-refractivity contribution in [1.29, 1.82) is 0 Å². The number of nitrogens with zero attached hydrogens (tertiary/aromatic N) is 4. The minimum Gasteiger partial charge on any atom is -0.327 e. The highest BCUT2D eigenvalue weighted by Gasteiger charge is 2.12. The first kappa shape index (κ1) is 14.3. The lowest BCUT2D eigenvalue weighted by atomic mass is 10.1. The first-order valence-corrected chi connectivity index (χ1v) is 7.23. The van der Waals surface area contributed by atoms with E-state index in [9.17, 15) is 0 Å². The SMILES string of the molecule is CCC(N)Cc1ccc(Cl)cc1Sc1nnnn1C. The Labute approximate surface area is 121 Å². The third-order valence-electron chi connectivity index (χ3n) is 2.82. The van der Waals surface area contributed by atoms with Gasteiger partial charge in [0.05, 0.1) is 0 Å². The summed E-state index contributed by atoms with van der Waals surface area (Å²) in [6.07, 6.45) is 1.76. The van der Waals surface area contributed by atoms with Crippen molar-refractivity contribution < 1.29 is 0 Å². The van der Waals surface area contributed by atoms with Gasteiger partial charge in [-0.25, -0.2) is 4.68 Å². The molecule has 0 spiro atoms. The maximum Gasteiger partial charge on any atom is 0.213 e. The Morgan fingerprint density at radius 3 is 2.89 bits per heavy atom. The minimum atomic E-state index is 0.151. The summed E-state index contributed by atoms with van der Waals surface area (Å²) in [5.74, 6) is 0. The van der Waals surface area contributed by atoms with Crippen LogP contribution >= 0.6 is 23.4 Å². The standard InChI is InChI=1S/C12H16ClN5S/c1-3-10(14)6-8-4-5-9(13)7-11(8)19-12-15-16-17-18(12)2/h4-5,7,10H,3,6,14H2,1-2H3. The van der Waals surface area contributed by atoms with Gasteiger partial charge in [0, 0.05) is 23.0 Å². The van der Waals surface area contributed by atoms with Gasteiger partial charge in [-0.2, -0.15) is 0 Å². The molecule has 2 N–H and O–H groups in total. The smallest absolute Gasteiger partial charge is 0.213 e. The van der Waals surface area contributed by atoms with Crippen molar-refractivity contribution in [3.8, 4) is 0 Å². The van der Waals surface area contributed by atoms with E-state index < -0.39 is 0 Å². The average Bonchev–Trinajstić information content (AvgIpc) is 2.78. The molecule has 1 unspecified atom stereocenters. The van der Waals surface area contributed by atoms with Gasteiger partial charge in [0.2, 0.25) is 5.16 Å². The molecule has 0 aliphatic rings. The Balaban J connectivity index is 2.27. The van der Waals surface area contributed by atoms with Gasteiger partial charge in [-0.1, -0.05) is 24.6 Å². The van der Waals surface area contributed by atoms with Gasteiger partial charge in [0.25, 0.3) is 0 Å². The molecule has 19 heavy (non-hydrogen) atoms.